The van der Waals surface area contributed by atoms with Crippen LogP contribution < -0.4 is 0 Å². The molecule has 2 unspecified atom stereocenters. The van der Waals surface area contributed by atoms with Crippen molar-refractivity contribution in [3.63, 3.8) is 0 Å². The summed E-state index contributed by atoms with van der Waals surface area (Å²) in [5.41, 5.74) is 0.767. The lowest BCUT2D eigenvalue weighted by Crippen LogP contribution is -2.44. The zero-order valence-electron chi connectivity index (χ0n) is 15.0. The first-order chi connectivity index (χ1) is 11.5. The van der Waals surface area contributed by atoms with E-state index in [-0.39, 0.29) is 23.9 Å². The fraction of sp³-hybridized carbons (Fsp3) is 0.722. The fourth-order valence-corrected chi connectivity index (χ4v) is 3.89. The standard InChI is InChI=1S/C18H28N4O2/c1-13-8-4-6-10-21(13)17(23)15-12-20(3)19-16(15)18(24)22-11-7-5-9-14(22)2/h12-14H,4-11H2,1-3H3. The van der Waals surface area contributed by atoms with Gasteiger partial charge in [0.15, 0.2) is 5.69 Å². The van der Waals surface area contributed by atoms with Gasteiger partial charge in [-0.25, -0.2) is 0 Å². The van der Waals surface area contributed by atoms with Crippen molar-refractivity contribution in [3.05, 3.63) is 17.5 Å². The number of piperidine rings is 2. The van der Waals surface area contributed by atoms with Gasteiger partial charge in [0.2, 0.25) is 0 Å². The number of amides is 2. The topological polar surface area (TPSA) is 58.4 Å². The number of carbonyl (C=O) groups excluding carboxylic acids is 2. The van der Waals surface area contributed by atoms with E-state index in [0.29, 0.717) is 11.3 Å². The summed E-state index contributed by atoms with van der Waals surface area (Å²) in [5, 5.41) is 4.34. The largest absolute Gasteiger partial charge is 0.336 e. The molecule has 2 saturated heterocycles. The van der Waals surface area contributed by atoms with E-state index in [4.69, 9.17) is 0 Å². The Bertz CT molecular complexity index is 573. The predicted molar refractivity (Wildman–Crippen MR) is 91.9 cm³/mol. The summed E-state index contributed by atoms with van der Waals surface area (Å²) in [5.74, 6) is -0.154. The molecule has 0 aromatic carbocycles. The Morgan fingerprint density at radius 2 is 1.50 bits per heavy atom. The molecule has 0 bridgehead atoms. The minimum absolute atomic E-state index is 0.0525. The van der Waals surface area contributed by atoms with Crippen molar-refractivity contribution in [1.29, 1.82) is 0 Å². The molecule has 0 saturated carbocycles. The first-order valence-electron chi connectivity index (χ1n) is 9.14. The lowest BCUT2D eigenvalue weighted by molar-refractivity contribution is 0.0591. The molecule has 0 aliphatic carbocycles. The molecule has 6 heteroatoms. The molecule has 0 radical (unpaired) electrons. The molecule has 0 spiro atoms. The van der Waals surface area contributed by atoms with Crippen molar-refractivity contribution in [2.45, 2.75) is 64.5 Å². The van der Waals surface area contributed by atoms with Gasteiger partial charge in [-0.3, -0.25) is 14.3 Å². The SMILES string of the molecule is CC1CCCCN1C(=O)c1cn(C)nc1C(=O)N1CCCCC1C. The Hall–Kier alpha value is -1.85. The van der Waals surface area contributed by atoms with E-state index in [1.54, 1.807) is 17.9 Å². The van der Waals surface area contributed by atoms with E-state index in [0.717, 1.165) is 51.6 Å². The Morgan fingerprint density at radius 1 is 0.958 bits per heavy atom. The Morgan fingerprint density at radius 3 is 2.04 bits per heavy atom. The minimum atomic E-state index is -0.101. The summed E-state index contributed by atoms with van der Waals surface area (Å²) in [6.45, 7) is 5.68. The van der Waals surface area contributed by atoms with Gasteiger partial charge in [-0.15, -0.1) is 0 Å². The molecule has 3 rings (SSSR count). The van der Waals surface area contributed by atoms with Crippen LogP contribution in [0.1, 0.15) is 73.2 Å². The second kappa shape index (κ2) is 6.95. The zero-order chi connectivity index (χ0) is 17.3. The molecule has 2 atom stereocenters. The number of hydrogen-bond donors (Lipinski definition) is 0. The molecular weight excluding hydrogens is 304 g/mol. The van der Waals surface area contributed by atoms with Gasteiger partial charge in [-0.1, -0.05) is 0 Å². The molecule has 2 amide bonds. The summed E-state index contributed by atoms with van der Waals surface area (Å²) in [6, 6.07) is 0.438. The Balaban J connectivity index is 1.87. The quantitative estimate of drug-likeness (QED) is 0.836. The van der Waals surface area contributed by atoms with Gasteiger partial charge in [0.05, 0.1) is 5.56 Å². The molecule has 1 aromatic heterocycles. The molecule has 24 heavy (non-hydrogen) atoms. The first kappa shape index (κ1) is 17.0. The Labute approximate surface area is 143 Å². The maximum atomic E-state index is 13.0. The summed E-state index contributed by atoms with van der Waals surface area (Å²) in [6.07, 6.45) is 8.12. The van der Waals surface area contributed by atoms with Crippen LogP contribution in [0.4, 0.5) is 0 Å². The van der Waals surface area contributed by atoms with Crippen molar-refractivity contribution in [3.8, 4) is 0 Å². The van der Waals surface area contributed by atoms with Gasteiger partial charge >= 0.3 is 0 Å². The maximum Gasteiger partial charge on any atom is 0.275 e. The highest BCUT2D eigenvalue weighted by Gasteiger charge is 2.33. The van der Waals surface area contributed by atoms with Crippen LogP contribution in [0.15, 0.2) is 6.20 Å². The van der Waals surface area contributed by atoms with Crippen LogP contribution in [0.2, 0.25) is 0 Å². The van der Waals surface area contributed by atoms with E-state index in [9.17, 15) is 9.59 Å². The molecule has 1 aromatic rings. The molecule has 3 heterocycles. The molecule has 2 fully saturated rings. The molecule has 132 valence electrons. The van der Waals surface area contributed by atoms with Gasteiger partial charge in [0, 0.05) is 38.4 Å². The maximum absolute atomic E-state index is 13.0. The second-order valence-electron chi connectivity index (χ2n) is 7.25. The van der Waals surface area contributed by atoms with Crippen molar-refractivity contribution in [2.75, 3.05) is 13.1 Å². The fourth-order valence-electron chi connectivity index (χ4n) is 3.89. The van der Waals surface area contributed by atoms with Crippen LogP contribution in [0.3, 0.4) is 0 Å². The van der Waals surface area contributed by atoms with Crippen LogP contribution in [0, 0.1) is 0 Å². The van der Waals surface area contributed by atoms with Gasteiger partial charge in [-0.05, 0) is 52.4 Å². The summed E-state index contributed by atoms with van der Waals surface area (Å²) in [4.78, 5) is 29.8. The van der Waals surface area contributed by atoms with Gasteiger partial charge in [0.1, 0.15) is 0 Å². The van der Waals surface area contributed by atoms with Crippen LogP contribution in [0.5, 0.6) is 0 Å². The number of hydrogen-bond acceptors (Lipinski definition) is 3. The molecule has 6 nitrogen and oxygen atoms in total. The summed E-state index contributed by atoms with van der Waals surface area (Å²) >= 11 is 0. The van der Waals surface area contributed by atoms with E-state index in [1.807, 2.05) is 9.80 Å². The second-order valence-corrected chi connectivity index (χ2v) is 7.25. The Kier molecular flexibility index (Phi) is 4.92. The third-order valence-corrected chi connectivity index (χ3v) is 5.39. The zero-order valence-corrected chi connectivity index (χ0v) is 15.0. The lowest BCUT2D eigenvalue weighted by Gasteiger charge is -2.34. The number of likely N-dealkylation sites (tertiary alicyclic amines) is 2. The van der Waals surface area contributed by atoms with Crippen molar-refractivity contribution >= 4 is 11.8 Å². The van der Waals surface area contributed by atoms with Crippen molar-refractivity contribution in [1.82, 2.24) is 19.6 Å². The van der Waals surface area contributed by atoms with Gasteiger partial charge < -0.3 is 9.80 Å². The van der Waals surface area contributed by atoms with Crippen LogP contribution in [0.25, 0.3) is 0 Å². The number of nitrogens with zero attached hydrogens (tertiary/aromatic N) is 4. The highest BCUT2D eigenvalue weighted by atomic mass is 16.2. The molecule has 2 aliphatic heterocycles. The summed E-state index contributed by atoms with van der Waals surface area (Å²) in [7, 11) is 1.77. The normalized spacial score (nSPS) is 25.0. The number of aromatic nitrogens is 2. The molecular formula is C18H28N4O2. The predicted octanol–water partition coefficient (Wildman–Crippen LogP) is 2.45. The van der Waals surface area contributed by atoms with E-state index in [2.05, 4.69) is 18.9 Å². The van der Waals surface area contributed by atoms with E-state index < -0.39 is 0 Å². The van der Waals surface area contributed by atoms with Gasteiger partial charge in [0.25, 0.3) is 11.8 Å². The minimum Gasteiger partial charge on any atom is -0.336 e. The highest BCUT2D eigenvalue weighted by molar-refractivity contribution is 6.06. The molecule has 0 N–H and O–H groups in total. The lowest BCUT2D eigenvalue weighted by atomic mass is 10.0. The first-order valence-corrected chi connectivity index (χ1v) is 9.14. The van der Waals surface area contributed by atoms with E-state index in [1.165, 1.54) is 0 Å². The third kappa shape index (κ3) is 3.19. The van der Waals surface area contributed by atoms with Crippen LogP contribution in [-0.4, -0.2) is 56.6 Å². The third-order valence-electron chi connectivity index (χ3n) is 5.39. The smallest absolute Gasteiger partial charge is 0.275 e. The molecule has 2 aliphatic rings. The number of rotatable bonds is 2. The average Bonchev–Trinajstić information content (AvgIpc) is 2.96. The van der Waals surface area contributed by atoms with Crippen LogP contribution in [-0.2, 0) is 7.05 Å². The number of aryl methyl sites for hydroxylation is 1. The van der Waals surface area contributed by atoms with E-state index >= 15 is 0 Å². The van der Waals surface area contributed by atoms with Gasteiger partial charge in [-0.2, -0.15) is 5.10 Å². The summed E-state index contributed by atoms with van der Waals surface area (Å²) < 4.78 is 1.59. The van der Waals surface area contributed by atoms with Crippen molar-refractivity contribution < 1.29 is 9.59 Å². The monoisotopic (exact) mass is 332 g/mol. The van der Waals surface area contributed by atoms with Crippen LogP contribution >= 0.6 is 0 Å². The van der Waals surface area contributed by atoms with Crippen molar-refractivity contribution in [2.24, 2.45) is 7.05 Å². The highest BCUT2D eigenvalue weighted by Crippen LogP contribution is 2.23. The number of carbonyl (C=O) groups is 2. The average molecular weight is 332 g/mol.